The number of aromatic nitrogens is 2. The molecule has 0 radical (unpaired) electrons. The van der Waals surface area contributed by atoms with Crippen LogP contribution in [0.4, 0.5) is 0 Å². The predicted octanol–water partition coefficient (Wildman–Crippen LogP) is 1.24. The highest BCUT2D eigenvalue weighted by Crippen LogP contribution is 2.31. The second-order valence-corrected chi connectivity index (χ2v) is 6.31. The van der Waals surface area contributed by atoms with Crippen molar-refractivity contribution in [3.63, 3.8) is 0 Å². The zero-order chi connectivity index (χ0) is 13.8. The molecule has 6 heteroatoms. The Morgan fingerprint density at radius 2 is 2.42 bits per heavy atom. The maximum absolute atomic E-state index is 10.6. The van der Waals surface area contributed by atoms with Crippen LogP contribution in [0.25, 0.3) is 0 Å². The van der Waals surface area contributed by atoms with Crippen LogP contribution >= 0.6 is 15.9 Å². The molecule has 1 aromatic rings. The van der Waals surface area contributed by atoms with Crippen molar-refractivity contribution in [1.82, 2.24) is 20.0 Å². The van der Waals surface area contributed by atoms with Gasteiger partial charge in [0.25, 0.3) is 0 Å². The lowest BCUT2D eigenvalue weighted by Crippen LogP contribution is -2.34. The summed E-state index contributed by atoms with van der Waals surface area (Å²) in [6, 6.07) is 0. The van der Waals surface area contributed by atoms with Gasteiger partial charge in [-0.25, -0.2) is 0 Å². The lowest BCUT2D eigenvalue weighted by molar-refractivity contribution is 0.0826. The molecule has 1 aromatic heterocycles. The number of piperidine rings is 1. The van der Waals surface area contributed by atoms with Crippen LogP contribution in [0.5, 0.6) is 0 Å². The van der Waals surface area contributed by atoms with E-state index in [0.717, 1.165) is 49.2 Å². The largest absolute Gasteiger partial charge is 0.386 e. The van der Waals surface area contributed by atoms with E-state index in [4.69, 9.17) is 0 Å². The van der Waals surface area contributed by atoms with Crippen molar-refractivity contribution in [1.29, 1.82) is 0 Å². The number of rotatable bonds is 5. The molecule has 0 spiro atoms. The highest BCUT2D eigenvalue weighted by molar-refractivity contribution is 9.10. The number of nitrogens with zero attached hydrogens (tertiary/aromatic N) is 3. The van der Waals surface area contributed by atoms with Gasteiger partial charge in [0.05, 0.1) is 22.9 Å². The molecule has 2 unspecified atom stereocenters. The molecule has 0 amide bonds. The summed E-state index contributed by atoms with van der Waals surface area (Å²) in [6.45, 7) is 3.65. The van der Waals surface area contributed by atoms with Gasteiger partial charge in [-0.05, 0) is 49.4 Å². The first-order chi connectivity index (χ1) is 9.09. The summed E-state index contributed by atoms with van der Waals surface area (Å²) in [4.78, 5) is 2.12. The lowest BCUT2D eigenvalue weighted by atomic mass is 9.92. The van der Waals surface area contributed by atoms with E-state index in [2.05, 4.69) is 31.2 Å². The minimum absolute atomic E-state index is 0.278. The first-order valence-electron chi connectivity index (χ1n) is 6.84. The Morgan fingerprint density at radius 1 is 1.63 bits per heavy atom. The SMILES string of the molecule is CN(C)CCn1ncc(Br)c1C(O)C1CCCNC1. The van der Waals surface area contributed by atoms with Gasteiger partial charge in [-0.1, -0.05) is 0 Å². The summed E-state index contributed by atoms with van der Waals surface area (Å²) in [5.41, 5.74) is 0.913. The van der Waals surface area contributed by atoms with Gasteiger partial charge < -0.3 is 15.3 Å². The molecule has 2 rings (SSSR count). The van der Waals surface area contributed by atoms with Gasteiger partial charge in [0.2, 0.25) is 0 Å². The van der Waals surface area contributed by atoms with Gasteiger partial charge in [0, 0.05) is 19.0 Å². The third kappa shape index (κ3) is 3.78. The van der Waals surface area contributed by atoms with E-state index in [9.17, 15) is 5.11 Å². The van der Waals surface area contributed by atoms with E-state index >= 15 is 0 Å². The first-order valence-corrected chi connectivity index (χ1v) is 7.63. The topological polar surface area (TPSA) is 53.3 Å². The number of likely N-dealkylation sites (N-methyl/N-ethyl adjacent to an activating group) is 1. The molecular formula is C13H23BrN4O. The molecule has 2 atom stereocenters. The maximum atomic E-state index is 10.6. The van der Waals surface area contributed by atoms with Crippen LogP contribution in [-0.2, 0) is 6.54 Å². The van der Waals surface area contributed by atoms with Crippen LogP contribution in [0.15, 0.2) is 10.7 Å². The minimum Gasteiger partial charge on any atom is -0.386 e. The maximum Gasteiger partial charge on any atom is 0.101 e. The van der Waals surface area contributed by atoms with E-state index in [1.807, 2.05) is 18.8 Å². The normalized spacial score (nSPS) is 21.8. The summed E-state index contributed by atoms with van der Waals surface area (Å²) in [5.74, 6) is 0.278. The zero-order valence-electron chi connectivity index (χ0n) is 11.6. The quantitative estimate of drug-likeness (QED) is 0.852. The van der Waals surface area contributed by atoms with Crippen LogP contribution in [0.2, 0.25) is 0 Å². The molecule has 0 saturated carbocycles. The standard InChI is InChI=1S/C13H23BrN4O/c1-17(2)6-7-18-12(11(14)9-16-18)13(19)10-4-3-5-15-8-10/h9-10,13,15,19H,3-8H2,1-2H3. The van der Waals surface area contributed by atoms with Gasteiger partial charge in [0.15, 0.2) is 0 Å². The predicted molar refractivity (Wildman–Crippen MR) is 79.0 cm³/mol. The number of aliphatic hydroxyl groups is 1. The Labute approximate surface area is 123 Å². The number of hydrogen-bond acceptors (Lipinski definition) is 4. The van der Waals surface area contributed by atoms with Crippen LogP contribution in [0, 0.1) is 5.92 Å². The summed E-state index contributed by atoms with van der Waals surface area (Å²) in [5, 5.41) is 18.3. The van der Waals surface area contributed by atoms with Crippen LogP contribution in [0.1, 0.15) is 24.6 Å². The molecule has 1 fully saturated rings. The van der Waals surface area contributed by atoms with Gasteiger partial charge >= 0.3 is 0 Å². The van der Waals surface area contributed by atoms with E-state index in [1.54, 1.807) is 6.20 Å². The number of nitrogens with one attached hydrogen (secondary N) is 1. The van der Waals surface area contributed by atoms with Crippen LogP contribution in [0.3, 0.4) is 0 Å². The summed E-state index contributed by atoms with van der Waals surface area (Å²) < 4.78 is 2.83. The number of hydrogen-bond donors (Lipinski definition) is 2. The molecular weight excluding hydrogens is 308 g/mol. The average Bonchev–Trinajstić information content (AvgIpc) is 2.78. The Kier molecular flexibility index (Phi) is 5.38. The molecule has 19 heavy (non-hydrogen) atoms. The fourth-order valence-electron chi connectivity index (χ4n) is 2.51. The van der Waals surface area contributed by atoms with Crippen LogP contribution < -0.4 is 5.32 Å². The molecule has 2 N–H and O–H groups in total. The average molecular weight is 331 g/mol. The van der Waals surface area contributed by atoms with Gasteiger partial charge in [0.1, 0.15) is 6.10 Å². The van der Waals surface area contributed by atoms with Crippen LogP contribution in [-0.4, -0.2) is 53.5 Å². The Balaban J connectivity index is 2.10. The molecule has 0 bridgehead atoms. The molecule has 2 heterocycles. The van der Waals surface area contributed by atoms with Crippen molar-refractivity contribution in [2.24, 2.45) is 5.92 Å². The van der Waals surface area contributed by atoms with Gasteiger partial charge in [-0.2, -0.15) is 5.10 Å². The molecule has 5 nitrogen and oxygen atoms in total. The molecule has 0 aromatic carbocycles. The molecule has 0 aliphatic carbocycles. The smallest absolute Gasteiger partial charge is 0.101 e. The molecule has 1 saturated heterocycles. The second-order valence-electron chi connectivity index (χ2n) is 5.46. The van der Waals surface area contributed by atoms with Crippen molar-refractivity contribution in [3.8, 4) is 0 Å². The van der Waals surface area contributed by atoms with Crippen molar-refractivity contribution in [2.45, 2.75) is 25.5 Å². The van der Waals surface area contributed by atoms with Crippen molar-refractivity contribution in [3.05, 3.63) is 16.4 Å². The highest BCUT2D eigenvalue weighted by Gasteiger charge is 2.27. The van der Waals surface area contributed by atoms with Gasteiger partial charge in [-0.3, -0.25) is 4.68 Å². The second kappa shape index (κ2) is 6.83. The third-order valence-electron chi connectivity index (χ3n) is 3.65. The van der Waals surface area contributed by atoms with E-state index in [0.29, 0.717) is 0 Å². The third-order valence-corrected chi connectivity index (χ3v) is 4.26. The summed E-state index contributed by atoms with van der Waals surface area (Å²) in [6.07, 6.45) is 3.53. The fraction of sp³-hybridized carbons (Fsp3) is 0.769. The van der Waals surface area contributed by atoms with E-state index < -0.39 is 6.10 Å². The molecule has 108 valence electrons. The fourth-order valence-corrected chi connectivity index (χ4v) is 3.04. The van der Waals surface area contributed by atoms with E-state index in [1.165, 1.54) is 0 Å². The van der Waals surface area contributed by atoms with E-state index in [-0.39, 0.29) is 5.92 Å². The number of aliphatic hydroxyl groups excluding tert-OH is 1. The first kappa shape index (κ1) is 15.0. The Bertz CT molecular complexity index is 401. The van der Waals surface area contributed by atoms with Gasteiger partial charge in [-0.15, -0.1) is 0 Å². The molecule has 1 aliphatic rings. The van der Waals surface area contributed by atoms with Crippen molar-refractivity contribution < 1.29 is 5.11 Å². The summed E-state index contributed by atoms with van der Waals surface area (Å²) >= 11 is 3.51. The molecule has 1 aliphatic heterocycles. The minimum atomic E-state index is -0.452. The highest BCUT2D eigenvalue weighted by atomic mass is 79.9. The lowest BCUT2D eigenvalue weighted by Gasteiger charge is -2.28. The Morgan fingerprint density at radius 3 is 3.05 bits per heavy atom. The van der Waals surface area contributed by atoms with Crippen molar-refractivity contribution >= 4 is 15.9 Å². The monoisotopic (exact) mass is 330 g/mol. The Hall–Kier alpha value is -0.430. The number of halogens is 1. The van der Waals surface area contributed by atoms with Crippen molar-refractivity contribution in [2.75, 3.05) is 33.7 Å². The zero-order valence-corrected chi connectivity index (χ0v) is 13.2. The summed E-state index contributed by atoms with van der Waals surface area (Å²) in [7, 11) is 4.08.